The first kappa shape index (κ1) is 22.4. The third-order valence-electron chi connectivity index (χ3n) is 3.86. The van der Waals surface area contributed by atoms with Crippen molar-refractivity contribution in [2.75, 3.05) is 10.2 Å². The molecule has 0 bridgehead atoms. The highest BCUT2D eigenvalue weighted by atomic mass is 32.1. The van der Waals surface area contributed by atoms with Gasteiger partial charge in [0.1, 0.15) is 5.75 Å². The molecule has 5 nitrogen and oxygen atoms in total. The highest BCUT2D eigenvalue weighted by Gasteiger charge is 2.31. The molecular weight excluding hydrogens is 448 g/mol. The first-order valence-corrected chi connectivity index (χ1v) is 9.39. The number of rotatable bonds is 5. The van der Waals surface area contributed by atoms with E-state index >= 15 is 0 Å². The number of halogens is 6. The van der Waals surface area contributed by atoms with Crippen molar-refractivity contribution in [3.05, 3.63) is 71.2 Å². The van der Waals surface area contributed by atoms with Crippen LogP contribution in [0.4, 0.5) is 42.0 Å². The number of anilines is 2. The van der Waals surface area contributed by atoms with Crippen molar-refractivity contribution >= 4 is 28.2 Å². The molecular formula is C19H13F6N3O2S. The quantitative estimate of drug-likeness (QED) is 0.454. The molecule has 0 unspecified atom stereocenters. The van der Waals surface area contributed by atoms with E-state index in [0.29, 0.717) is 5.56 Å². The van der Waals surface area contributed by atoms with Crippen LogP contribution in [0.3, 0.4) is 0 Å². The van der Waals surface area contributed by atoms with E-state index in [-0.39, 0.29) is 17.4 Å². The Morgan fingerprint density at radius 2 is 1.65 bits per heavy atom. The van der Waals surface area contributed by atoms with Crippen molar-refractivity contribution in [2.24, 2.45) is 0 Å². The van der Waals surface area contributed by atoms with Crippen molar-refractivity contribution in [2.45, 2.75) is 19.1 Å². The third kappa shape index (κ3) is 6.35. The summed E-state index contributed by atoms with van der Waals surface area (Å²) in [6.07, 6.45) is -7.86. The largest absolute Gasteiger partial charge is 0.573 e. The fourth-order valence-electron chi connectivity index (χ4n) is 2.49. The summed E-state index contributed by atoms with van der Waals surface area (Å²) in [6.45, 7) is -0.0766. The van der Waals surface area contributed by atoms with E-state index in [1.165, 1.54) is 35.4 Å². The van der Waals surface area contributed by atoms with Gasteiger partial charge in [-0.1, -0.05) is 12.1 Å². The Balaban J connectivity index is 1.74. The van der Waals surface area contributed by atoms with Gasteiger partial charge in [-0.25, -0.2) is 9.78 Å². The van der Waals surface area contributed by atoms with E-state index in [1.807, 2.05) is 0 Å². The molecule has 12 heteroatoms. The fourth-order valence-corrected chi connectivity index (χ4v) is 3.13. The number of nitrogens with zero attached hydrogens (tertiary/aromatic N) is 2. The molecule has 164 valence electrons. The van der Waals surface area contributed by atoms with Gasteiger partial charge in [-0.15, -0.1) is 24.5 Å². The lowest BCUT2D eigenvalue weighted by atomic mass is 10.1. The van der Waals surface area contributed by atoms with Crippen LogP contribution in [-0.2, 0) is 12.7 Å². The number of carbonyl (C=O) groups is 1. The highest BCUT2D eigenvalue weighted by Crippen LogP contribution is 2.30. The van der Waals surface area contributed by atoms with E-state index in [4.69, 9.17) is 0 Å². The maximum atomic E-state index is 12.7. The summed E-state index contributed by atoms with van der Waals surface area (Å²) in [6, 6.07) is 8.16. The topological polar surface area (TPSA) is 54.5 Å². The van der Waals surface area contributed by atoms with Crippen LogP contribution in [-0.4, -0.2) is 17.4 Å². The number of nitrogens with one attached hydrogen (secondary N) is 1. The monoisotopic (exact) mass is 461 g/mol. The molecule has 0 spiro atoms. The van der Waals surface area contributed by atoms with Crippen LogP contribution in [0.2, 0.25) is 0 Å². The number of benzene rings is 2. The number of ether oxygens (including phenoxy) is 1. The van der Waals surface area contributed by atoms with Crippen LogP contribution in [0, 0.1) is 0 Å². The first-order valence-electron chi connectivity index (χ1n) is 8.51. The van der Waals surface area contributed by atoms with Crippen LogP contribution in [0.5, 0.6) is 5.75 Å². The van der Waals surface area contributed by atoms with Gasteiger partial charge < -0.3 is 10.1 Å². The standard InChI is InChI=1S/C19H13F6N3O2S/c20-18(21,22)13-3-1-12(2-4-13)11-28(17-26-9-10-31-17)16(29)27-14-5-7-15(8-6-14)30-19(23,24)25/h1-10H,11H2,(H,27,29). The molecule has 0 aliphatic rings. The number of thiazole rings is 1. The summed E-state index contributed by atoms with van der Waals surface area (Å²) in [5.74, 6) is -0.452. The van der Waals surface area contributed by atoms with Gasteiger partial charge in [-0.05, 0) is 42.0 Å². The lowest BCUT2D eigenvalue weighted by Crippen LogP contribution is -2.34. The van der Waals surface area contributed by atoms with Crippen LogP contribution >= 0.6 is 11.3 Å². The second-order valence-electron chi connectivity index (χ2n) is 6.10. The average Bonchev–Trinajstić information content (AvgIpc) is 3.20. The van der Waals surface area contributed by atoms with E-state index in [2.05, 4.69) is 15.0 Å². The van der Waals surface area contributed by atoms with E-state index < -0.39 is 29.9 Å². The predicted octanol–water partition coefficient (Wildman–Crippen LogP) is 6.30. The summed E-state index contributed by atoms with van der Waals surface area (Å²) in [7, 11) is 0. The molecule has 2 amide bonds. The maximum Gasteiger partial charge on any atom is 0.573 e. The van der Waals surface area contributed by atoms with Gasteiger partial charge in [0.05, 0.1) is 12.1 Å². The Hall–Kier alpha value is -3.28. The summed E-state index contributed by atoms with van der Waals surface area (Å²) < 4.78 is 78.7. The van der Waals surface area contributed by atoms with Crippen LogP contribution in [0.25, 0.3) is 0 Å². The average molecular weight is 461 g/mol. The molecule has 0 aliphatic carbocycles. The number of hydrogen-bond acceptors (Lipinski definition) is 4. The van der Waals surface area contributed by atoms with Gasteiger partial charge >= 0.3 is 18.6 Å². The molecule has 31 heavy (non-hydrogen) atoms. The van der Waals surface area contributed by atoms with Gasteiger partial charge in [-0.2, -0.15) is 13.2 Å². The molecule has 0 saturated carbocycles. The molecule has 0 radical (unpaired) electrons. The lowest BCUT2D eigenvalue weighted by molar-refractivity contribution is -0.274. The summed E-state index contributed by atoms with van der Waals surface area (Å²) in [5, 5.41) is 4.42. The number of aromatic nitrogens is 1. The summed E-state index contributed by atoms with van der Waals surface area (Å²) in [5.41, 5.74) is -0.205. The molecule has 0 saturated heterocycles. The van der Waals surface area contributed by atoms with Crippen LogP contribution in [0.15, 0.2) is 60.1 Å². The molecule has 0 aliphatic heterocycles. The number of amides is 2. The zero-order chi connectivity index (χ0) is 22.6. The van der Waals surface area contributed by atoms with Gasteiger partial charge in [0.15, 0.2) is 5.13 Å². The third-order valence-corrected chi connectivity index (χ3v) is 4.65. The van der Waals surface area contributed by atoms with E-state index in [1.54, 1.807) is 5.38 Å². The summed E-state index contributed by atoms with van der Waals surface area (Å²) in [4.78, 5) is 18.0. The zero-order valence-electron chi connectivity index (χ0n) is 15.4. The smallest absolute Gasteiger partial charge is 0.406 e. The van der Waals surface area contributed by atoms with Crippen LogP contribution < -0.4 is 15.0 Å². The molecule has 3 aromatic rings. The van der Waals surface area contributed by atoms with Crippen LogP contribution in [0.1, 0.15) is 11.1 Å². The van der Waals surface area contributed by atoms with E-state index in [0.717, 1.165) is 35.6 Å². The lowest BCUT2D eigenvalue weighted by Gasteiger charge is -2.21. The molecule has 3 rings (SSSR count). The number of urea groups is 1. The second kappa shape index (κ2) is 8.84. The Bertz CT molecular complexity index is 1000. The van der Waals surface area contributed by atoms with Gasteiger partial charge in [0.25, 0.3) is 0 Å². The van der Waals surface area contributed by atoms with Crippen molar-refractivity contribution in [1.29, 1.82) is 0 Å². The maximum absolute atomic E-state index is 12.7. The molecule has 2 aromatic carbocycles. The van der Waals surface area contributed by atoms with Crippen molar-refractivity contribution in [3.8, 4) is 5.75 Å². The fraction of sp³-hybridized carbons (Fsp3) is 0.158. The van der Waals surface area contributed by atoms with Crippen molar-refractivity contribution < 1.29 is 35.9 Å². The Morgan fingerprint density at radius 3 is 2.16 bits per heavy atom. The number of carbonyl (C=O) groups excluding carboxylic acids is 1. The van der Waals surface area contributed by atoms with Crippen molar-refractivity contribution in [3.63, 3.8) is 0 Å². The minimum absolute atomic E-state index is 0.0766. The van der Waals surface area contributed by atoms with Crippen molar-refractivity contribution in [1.82, 2.24) is 4.98 Å². The van der Waals surface area contributed by atoms with E-state index in [9.17, 15) is 31.1 Å². The Kier molecular flexibility index (Phi) is 6.39. The number of hydrogen-bond donors (Lipinski definition) is 1. The predicted molar refractivity (Wildman–Crippen MR) is 102 cm³/mol. The molecule has 1 heterocycles. The zero-order valence-corrected chi connectivity index (χ0v) is 16.2. The SMILES string of the molecule is O=C(Nc1ccc(OC(F)(F)F)cc1)N(Cc1ccc(C(F)(F)F)cc1)c1nccs1. The second-order valence-corrected chi connectivity index (χ2v) is 6.97. The Labute approximate surface area is 175 Å². The molecule has 0 fully saturated rings. The first-order chi connectivity index (χ1) is 14.5. The molecule has 1 N–H and O–H groups in total. The highest BCUT2D eigenvalue weighted by molar-refractivity contribution is 7.13. The Morgan fingerprint density at radius 1 is 1.00 bits per heavy atom. The molecule has 0 atom stereocenters. The van der Waals surface area contributed by atoms with Gasteiger partial charge in [0, 0.05) is 17.3 Å². The minimum Gasteiger partial charge on any atom is -0.406 e. The normalized spacial score (nSPS) is 11.8. The summed E-state index contributed by atoms with van der Waals surface area (Å²) >= 11 is 1.13. The number of alkyl halides is 6. The van der Waals surface area contributed by atoms with Gasteiger partial charge in [-0.3, -0.25) is 4.90 Å². The molecule has 1 aromatic heterocycles. The van der Waals surface area contributed by atoms with Gasteiger partial charge in [0.2, 0.25) is 0 Å². The minimum atomic E-state index is -4.84.